The van der Waals surface area contributed by atoms with Crippen molar-refractivity contribution in [3.05, 3.63) is 65.5 Å². The maximum Gasteiger partial charge on any atom is 0.260 e. The predicted molar refractivity (Wildman–Crippen MR) is 100 cm³/mol. The number of anilines is 1. The second kappa shape index (κ2) is 8.09. The molecule has 0 saturated carbocycles. The topological polar surface area (TPSA) is 78.8 Å². The monoisotopic (exact) mass is 377 g/mol. The number of para-hydroxylation sites is 1. The molecule has 0 aliphatic carbocycles. The highest BCUT2D eigenvalue weighted by molar-refractivity contribution is 7.92. The molecular weight excluding hydrogens is 357 g/mol. The van der Waals surface area contributed by atoms with Gasteiger partial charge in [0.05, 0.1) is 17.7 Å². The highest BCUT2D eigenvalue weighted by Gasteiger charge is 2.23. The van der Waals surface area contributed by atoms with E-state index in [0.29, 0.717) is 10.0 Å². The van der Waals surface area contributed by atoms with E-state index in [-0.39, 0.29) is 5.69 Å². The van der Waals surface area contributed by atoms with Crippen LogP contribution >= 0.6 is 0 Å². The van der Waals surface area contributed by atoms with Crippen molar-refractivity contribution in [1.82, 2.24) is 5.43 Å². The molecule has 0 saturated heterocycles. The van der Waals surface area contributed by atoms with Crippen molar-refractivity contribution in [1.29, 1.82) is 0 Å². The SMILES string of the molecule is C/C(=N/NC(=O)CN(c1ccccc1F)S(C)(=O)=O)c1ccc(C)cc1. The number of rotatable bonds is 6. The van der Waals surface area contributed by atoms with Crippen LogP contribution in [0.15, 0.2) is 53.6 Å². The number of nitrogens with zero attached hydrogens (tertiary/aromatic N) is 2. The van der Waals surface area contributed by atoms with Crippen LogP contribution in [-0.4, -0.2) is 32.8 Å². The molecule has 0 fully saturated rings. The van der Waals surface area contributed by atoms with Gasteiger partial charge in [-0.2, -0.15) is 5.10 Å². The van der Waals surface area contributed by atoms with Crippen LogP contribution in [0.4, 0.5) is 10.1 Å². The average molecular weight is 377 g/mol. The molecule has 0 heterocycles. The highest BCUT2D eigenvalue weighted by Crippen LogP contribution is 2.20. The number of hydrogen-bond acceptors (Lipinski definition) is 4. The summed E-state index contributed by atoms with van der Waals surface area (Å²) in [5.41, 5.74) is 4.60. The highest BCUT2D eigenvalue weighted by atomic mass is 32.2. The van der Waals surface area contributed by atoms with Crippen LogP contribution in [0.1, 0.15) is 18.1 Å². The first kappa shape index (κ1) is 19.6. The largest absolute Gasteiger partial charge is 0.271 e. The average Bonchev–Trinajstić information content (AvgIpc) is 2.58. The summed E-state index contributed by atoms with van der Waals surface area (Å²) in [4.78, 5) is 12.1. The molecule has 6 nitrogen and oxygen atoms in total. The molecule has 2 rings (SSSR count). The smallest absolute Gasteiger partial charge is 0.260 e. The Morgan fingerprint density at radius 3 is 2.35 bits per heavy atom. The molecule has 1 amide bonds. The van der Waals surface area contributed by atoms with Crippen LogP contribution in [-0.2, 0) is 14.8 Å². The van der Waals surface area contributed by atoms with E-state index in [1.54, 1.807) is 6.92 Å². The van der Waals surface area contributed by atoms with Gasteiger partial charge in [-0.05, 0) is 31.5 Å². The van der Waals surface area contributed by atoms with Crippen LogP contribution < -0.4 is 9.73 Å². The lowest BCUT2D eigenvalue weighted by molar-refractivity contribution is -0.119. The molecule has 2 aromatic carbocycles. The zero-order valence-corrected chi connectivity index (χ0v) is 15.5. The van der Waals surface area contributed by atoms with Gasteiger partial charge in [0, 0.05) is 0 Å². The summed E-state index contributed by atoms with van der Waals surface area (Å²) >= 11 is 0. The first-order valence-corrected chi connectivity index (χ1v) is 9.65. The predicted octanol–water partition coefficient (Wildman–Crippen LogP) is 2.44. The molecule has 0 radical (unpaired) electrons. The third kappa shape index (κ3) is 5.13. The summed E-state index contributed by atoms with van der Waals surface area (Å²) in [6, 6.07) is 12.9. The van der Waals surface area contributed by atoms with E-state index in [4.69, 9.17) is 0 Å². The van der Waals surface area contributed by atoms with Crippen LogP contribution in [0.3, 0.4) is 0 Å². The standard InChI is InChI=1S/C18H20FN3O3S/c1-13-8-10-15(11-9-13)14(2)20-21-18(23)12-22(26(3,24)25)17-7-5-4-6-16(17)19/h4-11H,12H2,1-3H3,(H,21,23)/b20-14-. The summed E-state index contributed by atoms with van der Waals surface area (Å²) < 4.78 is 38.5. The van der Waals surface area contributed by atoms with Gasteiger partial charge in [0.25, 0.3) is 5.91 Å². The number of halogens is 1. The zero-order chi connectivity index (χ0) is 19.3. The molecular formula is C18H20FN3O3S. The maximum atomic E-state index is 13.9. The molecule has 0 aliphatic rings. The minimum atomic E-state index is -3.85. The molecule has 8 heteroatoms. The van der Waals surface area contributed by atoms with Gasteiger partial charge >= 0.3 is 0 Å². The molecule has 2 aromatic rings. The Morgan fingerprint density at radius 1 is 1.15 bits per heavy atom. The van der Waals surface area contributed by atoms with Crippen LogP contribution in [0, 0.1) is 12.7 Å². The maximum absolute atomic E-state index is 13.9. The third-order valence-corrected chi connectivity index (χ3v) is 4.75. The Morgan fingerprint density at radius 2 is 1.77 bits per heavy atom. The third-order valence-electron chi connectivity index (χ3n) is 3.63. The fourth-order valence-corrected chi connectivity index (χ4v) is 3.06. The number of aryl methyl sites for hydroxylation is 1. The summed E-state index contributed by atoms with van der Waals surface area (Å²) in [7, 11) is -3.85. The number of nitrogens with one attached hydrogen (secondary N) is 1. The Bertz CT molecular complexity index is 925. The molecule has 26 heavy (non-hydrogen) atoms. The van der Waals surface area contributed by atoms with E-state index in [0.717, 1.165) is 23.4 Å². The van der Waals surface area contributed by atoms with Gasteiger partial charge in [-0.3, -0.25) is 9.10 Å². The van der Waals surface area contributed by atoms with Gasteiger partial charge < -0.3 is 0 Å². The summed E-state index contributed by atoms with van der Waals surface area (Å²) in [5, 5.41) is 3.98. The number of amides is 1. The second-order valence-corrected chi connectivity index (χ2v) is 7.73. The molecule has 0 bridgehead atoms. The van der Waals surface area contributed by atoms with E-state index in [9.17, 15) is 17.6 Å². The molecule has 138 valence electrons. The summed E-state index contributed by atoms with van der Waals surface area (Å²) in [6.07, 6.45) is 0.910. The zero-order valence-electron chi connectivity index (χ0n) is 14.7. The van der Waals surface area contributed by atoms with Crippen molar-refractivity contribution in [2.45, 2.75) is 13.8 Å². The van der Waals surface area contributed by atoms with E-state index in [1.165, 1.54) is 18.2 Å². The molecule has 0 atom stereocenters. The first-order valence-electron chi connectivity index (χ1n) is 7.81. The number of hydrazone groups is 1. The Hall–Kier alpha value is -2.74. The Kier molecular flexibility index (Phi) is 6.10. The fraction of sp³-hybridized carbons (Fsp3) is 0.222. The molecule has 0 aliphatic heterocycles. The van der Waals surface area contributed by atoms with Crippen molar-refractivity contribution >= 4 is 27.3 Å². The van der Waals surface area contributed by atoms with Crippen molar-refractivity contribution in [3.8, 4) is 0 Å². The number of hydrogen-bond donors (Lipinski definition) is 1. The minimum absolute atomic E-state index is 0.190. The molecule has 1 N–H and O–H groups in total. The van der Waals surface area contributed by atoms with E-state index in [2.05, 4.69) is 10.5 Å². The molecule has 0 aromatic heterocycles. The van der Waals surface area contributed by atoms with Crippen LogP contribution in [0.2, 0.25) is 0 Å². The van der Waals surface area contributed by atoms with Crippen molar-refractivity contribution in [2.75, 3.05) is 17.1 Å². The second-order valence-electron chi connectivity index (χ2n) is 5.82. The summed E-state index contributed by atoms with van der Waals surface area (Å²) in [6.45, 7) is 3.10. The van der Waals surface area contributed by atoms with Gasteiger partial charge in [-0.1, -0.05) is 42.0 Å². The molecule has 0 unspecified atom stereocenters. The van der Waals surface area contributed by atoms with Gasteiger partial charge in [0.2, 0.25) is 10.0 Å². The first-order chi connectivity index (χ1) is 12.2. The number of carbonyl (C=O) groups is 1. The van der Waals surface area contributed by atoms with Crippen LogP contribution in [0.25, 0.3) is 0 Å². The van der Waals surface area contributed by atoms with Crippen molar-refractivity contribution in [2.24, 2.45) is 5.10 Å². The fourth-order valence-electron chi connectivity index (χ4n) is 2.21. The lowest BCUT2D eigenvalue weighted by Crippen LogP contribution is -2.39. The van der Waals surface area contributed by atoms with Gasteiger partial charge in [-0.25, -0.2) is 18.2 Å². The normalized spacial score (nSPS) is 11.9. The molecule has 0 spiro atoms. The van der Waals surface area contributed by atoms with E-state index >= 15 is 0 Å². The van der Waals surface area contributed by atoms with Crippen LogP contribution in [0.5, 0.6) is 0 Å². The lowest BCUT2D eigenvalue weighted by atomic mass is 10.1. The summed E-state index contributed by atoms with van der Waals surface area (Å²) in [5.74, 6) is -1.41. The Balaban J connectivity index is 2.14. The van der Waals surface area contributed by atoms with E-state index in [1.807, 2.05) is 31.2 Å². The number of carbonyl (C=O) groups excluding carboxylic acids is 1. The number of benzene rings is 2. The number of sulfonamides is 1. The van der Waals surface area contributed by atoms with Gasteiger partial charge in [-0.15, -0.1) is 0 Å². The van der Waals surface area contributed by atoms with Gasteiger partial charge in [0.15, 0.2) is 0 Å². The van der Waals surface area contributed by atoms with Crippen molar-refractivity contribution < 1.29 is 17.6 Å². The minimum Gasteiger partial charge on any atom is -0.271 e. The van der Waals surface area contributed by atoms with Crippen molar-refractivity contribution in [3.63, 3.8) is 0 Å². The van der Waals surface area contributed by atoms with Gasteiger partial charge in [0.1, 0.15) is 12.4 Å². The Labute approximate surface area is 152 Å². The lowest BCUT2D eigenvalue weighted by Gasteiger charge is -2.21. The van der Waals surface area contributed by atoms with E-state index < -0.39 is 28.3 Å². The quantitative estimate of drug-likeness (QED) is 0.620.